The van der Waals surface area contributed by atoms with Gasteiger partial charge in [-0.25, -0.2) is 4.79 Å². The molecule has 1 unspecified atom stereocenters. The summed E-state index contributed by atoms with van der Waals surface area (Å²) in [6.45, 7) is 2.52. The molecule has 0 aromatic heterocycles. The molecular weight excluding hydrogens is 356 g/mol. The Morgan fingerprint density at radius 3 is 2.89 bits per heavy atom. The molecule has 0 spiro atoms. The lowest BCUT2D eigenvalue weighted by atomic mass is 9.94. The number of hydrogen-bond donors (Lipinski definition) is 3. The van der Waals surface area contributed by atoms with Gasteiger partial charge in [0.25, 0.3) is 5.91 Å². The van der Waals surface area contributed by atoms with Gasteiger partial charge in [0.1, 0.15) is 5.75 Å². The highest BCUT2D eigenvalue weighted by atomic mass is 16.5. The van der Waals surface area contributed by atoms with Crippen LogP contribution in [0.15, 0.2) is 42.5 Å². The average Bonchev–Trinajstić information content (AvgIpc) is 3.17. The van der Waals surface area contributed by atoms with E-state index >= 15 is 0 Å². The number of rotatable bonds is 5. The molecule has 146 valence electrons. The van der Waals surface area contributed by atoms with Gasteiger partial charge in [-0.3, -0.25) is 9.69 Å². The van der Waals surface area contributed by atoms with Crippen molar-refractivity contribution in [3.05, 3.63) is 59.2 Å². The minimum atomic E-state index is -0.182. The van der Waals surface area contributed by atoms with Crippen LogP contribution in [0.25, 0.3) is 0 Å². The van der Waals surface area contributed by atoms with Crippen molar-refractivity contribution in [1.82, 2.24) is 16.0 Å². The molecule has 1 atom stereocenters. The molecule has 0 aliphatic carbocycles. The maximum absolute atomic E-state index is 12.7. The maximum atomic E-state index is 12.7. The molecule has 2 aromatic rings. The molecule has 2 aliphatic rings. The first-order valence-electron chi connectivity index (χ1n) is 9.50. The second-order valence-corrected chi connectivity index (χ2v) is 6.94. The Labute approximate surface area is 164 Å². The number of ether oxygens (including phenoxy) is 1. The van der Waals surface area contributed by atoms with Gasteiger partial charge in [-0.15, -0.1) is 0 Å². The van der Waals surface area contributed by atoms with E-state index in [1.54, 1.807) is 30.2 Å². The van der Waals surface area contributed by atoms with Gasteiger partial charge in [0.05, 0.1) is 12.8 Å². The minimum absolute atomic E-state index is 0.0935. The molecule has 7 heteroatoms. The third-order valence-electron chi connectivity index (χ3n) is 5.27. The molecule has 2 aromatic carbocycles. The molecule has 1 saturated heterocycles. The predicted molar refractivity (Wildman–Crippen MR) is 107 cm³/mol. The van der Waals surface area contributed by atoms with Gasteiger partial charge < -0.3 is 20.7 Å². The van der Waals surface area contributed by atoms with Gasteiger partial charge in [0, 0.05) is 31.2 Å². The molecule has 3 amide bonds. The minimum Gasteiger partial charge on any atom is -0.495 e. The Kier molecular flexibility index (Phi) is 5.16. The SMILES string of the molecule is COc1ccc(C(=O)NCC2NCCc3ccccc32)cc1N1CCNC1=O. The number of fused-ring (bicyclic) bond motifs is 1. The molecule has 0 saturated carbocycles. The largest absolute Gasteiger partial charge is 0.495 e. The topological polar surface area (TPSA) is 82.7 Å². The van der Waals surface area contributed by atoms with Gasteiger partial charge in [-0.1, -0.05) is 24.3 Å². The van der Waals surface area contributed by atoms with Gasteiger partial charge in [-0.2, -0.15) is 0 Å². The Balaban J connectivity index is 1.49. The summed E-state index contributed by atoms with van der Waals surface area (Å²) >= 11 is 0. The zero-order valence-electron chi connectivity index (χ0n) is 15.8. The smallest absolute Gasteiger partial charge is 0.322 e. The molecule has 2 heterocycles. The highest BCUT2D eigenvalue weighted by Gasteiger charge is 2.25. The van der Waals surface area contributed by atoms with E-state index in [4.69, 9.17) is 4.74 Å². The number of methoxy groups -OCH3 is 1. The summed E-state index contributed by atoms with van der Waals surface area (Å²) in [6.07, 6.45) is 1.00. The van der Waals surface area contributed by atoms with Crippen LogP contribution in [0.5, 0.6) is 5.75 Å². The number of nitrogens with one attached hydrogen (secondary N) is 3. The van der Waals surface area contributed by atoms with Crippen LogP contribution >= 0.6 is 0 Å². The van der Waals surface area contributed by atoms with Gasteiger partial charge in [0.15, 0.2) is 0 Å². The van der Waals surface area contributed by atoms with Crippen LogP contribution < -0.4 is 25.6 Å². The first-order valence-corrected chi connectivity index (χ1v) is 9.50. The fourth-order valence-electron chi connectivity index (χ4n) is 3.82. The zero-order valence-corrected chi connectivity index (χ0v) is 15.8. The predicted octanol–water partition coefficient (Wildman–Crippen LogP) is 1.84. The fourth-order valence-corrected chi connectivity index (χ4v) is 3.82. The van der Waals surface area contributed by atoms with Crippen molar-refractivity contribution in [3.63, 3.8) is 0 Å². The number of amides is 3. The molecule has 3 N–H and O–H groups in total. The standard InChI is InChI=1S/C21H24N4O3/c1-28-19-7-6-15(12-18(19)25-11-10-23-21(25)27)20(26)24-13-17-16-5-3-2-4-14(16)8-9-22-17/h2-7,12,17,22H,8-11,13H2,1H3,(H,23,27)(H,24,26). The quantitative estimate of drug-likeness (QED) is 0.739. The number of urea groups is 1. The maximum Gasteiger partial charge on any atom is 0.322 e. The number of hydrogen-bond acceptors (Lipinski definition) is 4. The van der Waals surface area contributed by atoms with E-state index < -0.39 is 0 Å². The third-order valence-corrected chi connectivity index (χ3v) is 5.27. The monoisotopic (exact) mass is 380 g/mol. The van der Waals surface area contributed by atoms with Gasteiger partial charge >= 0.3 is 6.03 Å². The van der Waals surface area contributed by atoms with Crippen LogP contribution in [0, 0.1) is 0 Å². The summed E-state index contributed by atoms with van der Waals surface area (Å²) in [5.74, 6) is 0.393. The molecule has 4 rings (SSSR count). The van der Waals surface area contributed by atoms with Crippen LogP contribution in [0.4, 0.5) is 10.5 Å². The highest BCUT2D eigenvalue weighted by molar-refractivity contribution is 5.99. The molecule has 0 radical (unpaired) electrons. The van der Waals surface area contributed by atoms with Crippen molar-refractivity contribution in [1.29, 1.82) is 0 Å². The summed E-state index contributed by atoms with van der Waals surface area (Å²) in [5, 5.41) is 9.25. The van der Waals surface area contributed by atoms with Crippen molar-refractivity contribution < 1.29 is 14.3 Å². The van der Waals surface area contributed by atoms with Crippen LogP contribution in [-0.2, 0) is 6.42 Å². The normalized spacial score (nSPS) is 18.4. The van der Waals surface area contributed by atoms with Crippen LogP contribution in [0.1, 0.15) is 27.5 Å². The summed E-state index contributed by atoms with van der Waals surface area (Å²) in [6, 6.07) is 13.4. The van der Waals surface area contributed by atoms with Gasteiger partial charge in [-0.05, 0) is 42.3 Å². The first-order chi connectivity index (χ1) is 13.7. The second kappa shape index (κ2) is 7.90. The summed E-state index contributed by atoms with van der Waals surface area (Å²) in [7, 11) is 1.55. The van der Waals surface area contributed by atoms with Crippen molar-refractivity contribution in [2.45, 2.75) is 12.5 Å². The zero-order chi connectivity index (χ0) is 19.5. The van der Waals surface area contributed by atoms with E-state index in [-0.39, 0.29) is 18.0 Å². The van der Waals surface area contributed by atoms with Crippen molar-refractivity contribution >= 4 is 17.6 Å². The summed E-state index contributed by atoms with van der Waals surface area (Å²) in [5.41, 5.74) is 3.66. The number of carbonyl (C=O) groups excluding carboxylic acids is 2. The molecule has 0 bridgehead atoms. The lowest BCUT2D eigenvalue weighted by Crippen LogP contribution is -2.38. The van der Waals surface area contributed by atoms with E-state index in [0.717, 1.165) is 13.0 Å². The second-order valence-electron chi connectivity index (χ2n) is 6.94. The van der Waals surface area contributed by atoms with Crippen LogP contribution in [0.3, 0.4) is 0 Å². The first kappa shape index (κ1) is 18.3. The van der Waals surface area contributed by atoms with E-state index in [1.165, 1.54) is 11.1 Å². The van der Waals surface area contributed by atoms with E-state index in [1.807, 2.05) is 12.1 Å². The summed E-state index contributed by atoms with van der Waals surface area (Å²) in [4.78, 5) is 26.4. The number of benzene rings is 2. The lowest BCUT2D eigenvalue weighted by Gasteiger charge is -2.27. The molecule has 28 heavy (non-hydrogen) atoms. The van der Waals surface area contributed by atoms with Crippen molar-refractivity contribution in [2.75, 3.05) is 38.2 Å². The Bertz CT molecular complexity index is 899. The lowest BCUT2D eigenvalue weighted by molar-refractivity contribution is 0.0949. The van der Waals surface area contributed by atoms with Crippen LogP contribution in [0.2, 0.25) is 0 Å². The Morgan fingerprint density at radius 2 is 2.11 bits per heavy atom. The summed E-state index contributed by atoms with van der Waals surface area (Å²) < 4.78 is 5.37. The Morgan fingerprint density at radius 1 is 1.25 bits per heavy atom. The van der Waals surface area contributed by atoms with E-state index in [0.29, 0.717) is 36.6 Å². The van der Waals surface area contributed by atoms with Crippen LogP contribution in [-0.4, -0.2) is 45.2 Å². The van der Waals surface area contributed by atoms with E-state index in [2.05, 4.69) is 28.1 Å². The Hall–Kier alpha value is -3.06. The number of nitrogens with zero attached hydrogens (tertiary/aromatic N) is 1. The third kappa shape index (κ3) is 3.53. The van der Waals surface area contributed by atoms with Gasteiger partial charge in [0.2, 0.25) is 0 Å². The number of anilines is 1. The molecule has 7 nitrogen and oxygen atoms in total. The highest BCUT2D eigenvalue weighted by Crippen LogP contribution is 2.30. The average molecular weight is 380 g/mol. The van der Waals surface area contributed by atoms with Crippen molar-refractivity contribution in [2.24, 2.45) is 0 Å². The van der Waals surface area contributed by atoms with E-state index in [9.17, 15) is 9.59 Å². The fraction of sp³-hybridized carbons (Fsp3) is 0.333. The molecule has 2 aliphatic heterocycles. The molecule has 1 fully saturated rings. The molecular formula is C21H24N4O3. The number of carbonyl (C=O) groups is 2. The van der Waals surface area contributed by atoms with Crippen molar-refractivity contribution in [3.8, 4) is 5.75 Å².